The third kappa shape index (κ3) is 3.25. The van der Waals surface area contributed by atoms with Crippen LogP contribution in [0.25, 0.3) is 10.2 Å². The van der Waals surface area contributed by atoms with Crippen LogP contribution in [0.1, 0.15) is 12.8 Å². The zero-order valence-electron chi connectivity index (χ0n) is 12.7. The minimum absolute atomic E-state index is 0.166. The summed E-state index contributed by atoms with van der Waals surface area (Å²) in [5.41, 5.74) is 0.947. The van der Waals surface area contributed by atoms with Crippen molar-refractivity contribution in [2.75, 3.05) is 6.54 Å². The monoisotopic (exact) mass is 407 g/mol. The van der Waals surface area contributed by atoms with Crippen molar-refractivity contribution in [3.05, 3.63) is 40.1 Å². The third-order valence-corrected chi connectivity index (χ3v) is 5.16. The third-order valence-electron chi connectivity index (χ3n) is 3.63. The van der Waals surface area contributed by atoms with Crippen LogP contribution in [-0.4, -0.2) is 33.7 Å². The van der Waals surface area contributed by atoms with Gasteiger partial charge in [0.15, 0.2) is 4.80 Å². The molecule has 0 aliphatic carbocycles. The van der Waals surface area contributed by atoms with E-state index in [0.717, 1.165) is 19.6 Å². The highest BCUT2D eigenvalue weighted by Crippen LogP contribution is 2.22. The highest BCUT2D eigenvalue weighted by atomic mass is 79.9. The summed E-state index contributed by atoms with van der Waals surface area (Å²) >= 11 is 4.80. The van der Waals surface area contributed by atoms with Gasteiger partial charge >= 0.3 is 0 Å². The standard InChI is InChI=1S/C16H14BrN3O3S/c1-2-7-19-11-4-3-10(17)8-12(11)24-16(19)18-13(21)9-20-14(22)5-6-15(20)23/h2-4,8H,1,5-7,9H2. The lowest BCUT2D eigenvalue weighted by Gasteiger charge is -2.10. The molecule has 1 aromatic heterocycles. The van der Waals surface area contributed by atoms with Gasteiger partial charge in [0.05, 0.1) is 10.2 Å². The van der Waals surface area contributed by atoms with Crippen LogP contribution >= 0.6 is 27.3 Å². The van der Waals surface area contributed by atoms with Crippen LogP contribution in [-0.2, 0) is 20.9 Å². The molecule has 3 rings (SSSR count). The summed E-state index contributed by atoms with van der Waals surface area (Å²) in [6.45, 7) is 3.94. The largest absolute Gasteiger partial charge is 0.313 e. The molecule has 1 aliphatic heterocycles. The molecule has 0 spiro atoms. The van der Waals surface area contributed by atoms with E-state index in [1.165, 1.54) is 11.3 Å². The van der Waals surface area contributed by atoms with Crippen LogP contribution in [0.5, 0.6) is 0 Å². The molecular formula is C16H14BrN3O3S. The Morgan fingerprint density at radius 1 is 1.33 bits per heavy atom. The van der Waals surface area contributed by atoms with E-state index >= 15 is 0 Å². The number of benzene rings is 1. The fourth-order valence-corrected chi connectivity index (χ4v) is 4.12. The van der Waals surface area contributed by atoms with Crippen molar-refractivity contribution < 1.29 is 14.4 Å². The number of fused-ring (bicyclic) bond motifs is 1. The van der Waals surface area contributed by atoms with Gasteiger partial charge in [-0.15, -0.1) is 6.58 Å². The first kappa shape index (κ1) is 16.8. The quantitative estimate of drug-likeness (QED) is 0.576. The van der Waals surface area contributed by atoms with Crippen molar-refractivity contribution in [1.29, 1.82) is 0 Å². The van der Waals surface area contributed by atoms with Crippen molar-refractivity contribution in [1.82, 2.24) is 9.47 Å². The molecule has 3 amide bonds. The average molecular weight is 408 g/mol. The van der Waals surface area contributed by atoms with Gasteiger partial charge in [0.25, 0.3) is 5.91 Å². The van der Waals surface area contributed by atoms with E-state index in [4.69, 9.17) is 0 Å². The number of carbonyl (C=O) groups is 3. The van der Waals surface area contributed by atoms with Gasteiger partial charge < -0.3 is 4.57 Å². The molecule has 0 bridgehead atoms. The second-order valence-electron chi connectivity index (χ2n) is 5.28. The minimum Gasteiger partial charge on any atom is -0.313 e. The first-order chi connectivity index (χ1) is 11.5. The summed E-state index contributed by atoms with van der Waals surface area (Å²) < 4.78 is 3.80. The number of halogens is 1. The first-order valence-corrected chi connectivity index (χ1v) is 8.91. The van der Waals surface area contributed by atoms with Gasteiger partial charge in [0.2, 0.25) is 11.8 Å². The number of rotatable bonds is 4. The molecule has 1 aliphatic rings. The second kappa shape index (κ2) is 6.82. The molecule has 1 aromatic carbocycles. The van der Waals surface area contributed by atoms with Crippen molar-refractivity contribution >= 4 is 55.2 Å². The smallest absolute Gasteiger partial charge is 0.268 e. The van der Waals surface area contributed by atoms with Gasteiger partial charge in [-0.25, -0.2) is 0 Å². The van der Waals surface area contributed by atoms with E-state index in [-0.39, 0.29) is 31.2 Å². The lowest BCUT2D eigenvalue weighted by Crippen LogP contribution is -2.34. The molecule has 2 heterocycles. The molecule has 6 nitrogen and oxygen atoms in total. The van der Waals surface area contributed by atoms with Crippen LogP contribution in [0, 0.1) is 0 Å². The number of hydrogen-bond donors (Lipinski definition) is 0. The molecule has 24 heavy (non-hydrogen) atoms. The second-order valence-corrected chi connectivity index (χ2v) is 7.20. The molecule has 124 valence electrons. The highest BCUT2D eigenvalue weighted by molar-refractivity contribution is 9.10. The Kier molecular flexibility index (Phi) is 4.77. The number of carbonyl (C=O) groups excluding carboxylic acids is 3. The van der Waals surface area contributed by atoms with E-state index in [1.807, 2.05) is 22.8 Å². The van der Waals surface area contributed by atoms with E-state index in [0.29, 0.717) is 11.3 Å². The number of nitrogens with zero attached hydrogens (tertiary/aromatic N) is 3. The molecule has 1 saturated heterocycles. The molecule has 8 heteroatoms. The Labute approximate surface area is 150 Å². The number of hydrogen-bond acceptors (Lipinski definition) is 4. The number of thiazole rings is 1. The minimum atomic E-state index is -0.512. The molecule has 0 N–H and O–H groups in total. The maximum Gasteiger partial charge on any atom is 0.268 e. The fraction of sp³-hybridized carbons (Fsp3) is 0.250. The highest BCUT2D eigenvalue weighted by Gasteiger charge is 2.30. The molecule has 1 fully saturated rings. The van der Waals surface area contributed by atoms with Crippen LogP contribution in [0.3, 0.4) is 0 Å². The van der Waals surface area contributed by atoms with Gasteiger partial charge in [-0.2, -0.15) is 4.99 Å². The molecule has 0 saturated carbocycles. The number of likely N-dealkylation sites (tertiary alicyclic amines) is 1. The van der Waals surface area contributed by atoms with Gasteiger partial charge in [0.1, 0.15) is 6.54 Å². The van der Waals surface area contributed by atoms with Crippen molar-refractivity contribution in [3.8, 4) is 0 Å². The predicted molar refractivity (Wildman–Crippen MR) is 94.2 cm³/mol. The number of allylic oxidation sites excluding steroid dienone is 1. The van der Waals surface area contributed by atoms with Crippen LogP contribution in [0.4, 0.5) is 0 Å². The van der Waals surface area contributed by atoms with E-state index in [1.54, 1.807) is 6.08 Å². The van der Waals surface area contributed by atoms with E-state index in [2.05, 4.69) is 27.5 Å². The van der Waals surface area contributed by atoms with Crippen molar-refractivity contribution in [2.24, 2.45) is 4.99 Å². The Balaban J connectivity index is 1.97. The van der Waals surface area contributed by atoms with Gasteiger partial charge in [-0.1, -0.05) is 33.3 Å². The van der Waals surface area contributed by atoms with Gasteiger partial charge in [-0.3, -0.25) is 19.3 Å². The van der Waals surface area contributed by atoms with Crippen molar-refractivity contribution in [3.63, 3.8) is 0 Å². The predicted octanol–water partition coefficient (Wildman–Crippen LogP) is 2.23. The molecule has 2 aromatic rings. The van der Waals surface area contributed by atoms with Gasteiger partial charge in [-0.05, 0) is 18.2 Å². The summed E-state index contributed by atoms with van der Waals surface area (Å²) in [5, 5.41) is 0. The summed E-state index contributed by atoms with van der Waals surface area (Å²) in [6.07, 6.45) is 2.06. The van der Waals surface area contributed by atoms with E-state index in [9.17, 15) is 14.4 Å². The Morgan fingerprint density at radius 3 is 2.71 bits per heavy atom. The number of amides is 3. The number of imide groups is 1. The van der Waals surface area contributed by atoms with Gasteiger partial charge in [0, 0.05) is 23.9 Å². The first-order valence-electron chi connectivity index (χ1n) is 7.30. The fourth-order valence-electron chi connectivity index (χ4n) is 2.51. The Bertz CT molecular complexity index is 912. The zero-order valence-corrected chi connectivity index (χ0v) is 15.1. The molecule has 0 atom stereocenters. The summed E-state index contributed by atoms with van der Waals surface area (Å²) in [4.78, 5) is 41.0. The molecule has 0 radical (unpaired) electrons. The zero-order chi connectivity index (χ0) is 17.3. The normalized spacial score (nSPS) is 15.5. The summed E-state index contributed by atoms with van der Waals surface area (Å²) in [6, 6.07) is 5.81. The maximum absolute atomic E-state index is 12.2. The number of aromatic nitrogens is 1. The van der Waals surface area contributed by atoms with Crippen LogP contribution in [0.15, 0.2) is 40.3 Å². The van der Waals surface area contributed by atoms with Crippen LogP contribution in [0.2, 0.25) is 0 Å². The average Bonchev–Trinajstić information content (AvgIpc) is 3.02. The lowest BCUT2D eigenvalue weighted by molar-refractivity contribution is -0.141. The molecular weight excluding hydrogens is 394 g/mol. The van der Waals surface area contributed by atoms with Crippen molar-refractivity contribution in [2.45, 2.75) is 19.4 Å². The lowest BCUT2D eigenvalue weighted by atomic mass is 10.3. The summed E-state index contributed by atoms with van der Waals surface area (Å²) in [7, 11) is 0. The van der Waals surface area contributed by atoms with E-state index < -0.39 is 5.91 Å². The SMILES string of the molecule is C=CCn1c(=NC(=O)CN2C(=O)CCC2=O)sc2cc(Br)ccc21. The van der Waals surface area contributed by atoms with Crippen LogP contribution < -0.4 is 4.80 Å². The Hall–Kier alpha value is -2.06. The topological polar surface area (TPSA) is 71.7 Å². The maximum atomic E-state index is 12.2. The molecule has 0 unspecified atom stereocenters. The summed E-state index contributed by atoms with van der Waals surface area (Å²) in [5.74, 6) is -1.15. The Morgan fingerprint density at radius 2 is 2.04 bits per heavy atom.